The lowest BCUT2D eigenvalue weighted by molar-refractivity contribution is 0.797. The van der Waals surface area contributed by atoms with Crippen molar-refractivity contribution in [2.45, 2.75) is 19.3 Å². The van der Waals surface area contributed by atoms with Crippen LogP contribution in [0.1, 0.15) is 23.7 Å². The number of nitrogens with two attached hydrogens (primary N) is 1. The molecule has 1 aliphatic carbocycles. The molecule has 0 radical (unpaired) electrons. The molecule has 0 aromatic carbocycles. The minimum atomic E-state index is 0.645. The molecule has 3 nitrogen and oxygen atoms in total. The smallest absolute Gasteiger partial charge is 0.0925 e. The third-order valence-corrected chi connectivity index (χ3v) is 2.45. The summed E-state index contributed by atoms with van der Waals surface area (Å²) < 4.78 is 0. The molecule has 1 aromatic heterocycles. The molecular formula is C8H13N3. The van der Waals surface area contributed by atoms with Gasteiger partial charge in [0.05, 0.1) is 12.0 Å². The Labute approximate surface area is 66.0 Å². The fourth-order valence-electron chi connectivity index (χ4n) is 1.59. The molecule has 0 bridgehead atoms. The number of aromatic amines is 1. The standard InChI is InChI=1S/C8H13N3/c1-5-8(11-4-10-5)7-2-6(7)3-9/h4,6-7H,2-3,9H2,1H3,(H,10,11)/t6-,7+/m0/s1. The minimum absolute atomic E-state index is 0.645. The number of rotatable bonds is 2. The van der Waals surface area contributed by atoms with Gasteiger partial charge in [0.15, 0.2) is 0 Å². The van der Waals surface area contributed by atoms with Crippen LogP contribution < -0.4 is 5.73 Å². The average Bonchev–Trinajstić information content (AvgIpc) is 2.68. The molecule has 1 aromatic rings. The lowest BCUT2D eigenvalue weighted by Gasteiger charge is -1.93. The van der Waals surface area contributed by atoms with E-state index in [1.54, 1.807) is 6.33 Å². The second kappa shape index (κ2) is 2.34. The highest BCUT2D eigenvalue weighted by Gasteiger charge is 2.39. The number of aromatic nitrogens is 2. The van der Waals surface area contributed by atoms with Crippen LogP contribution in [-0.4, -0.2) is 16.5 Å². The minimum Gasteiger partial charge on any atom is -0.348 e. The molecule has 60 valence electrons. The Morgan fingerprint density at radius 2 is 2.64 bits per heavy atom. The van der Waals surface area contributed by atoms with Crippen molar-refractivity contribution in [2.24, 2.45) is 11.7 Å². The number of nitrogens with one attached hydrogen (secondary N) is 1. The zero-order valence-electron chi connectivity index (χ0n) is 6.67. The van der Waals surface area contributed by atoms with Gasteiger partial charge >= 0.3 is 0 Å². The Morgan fingerprint density at radius 1 is 1.82 bits per heavy atom. The molecule has 0 unspecified atom stereocenters. The van der Waals surface area contributed by atoms with Gasteiger partial charge in [0.2, 0.25) is 0 Å². The van der Waals surface area contributed by atoms with E-state index in [0.29, 0.717) is 11.8 Å². The van der Waals surface area contributed by atoms with Crippen LogP contribution in [0.2, 0.25) is 0 Å². The molecular weight excluding hydrogens is 138 g/mol. The van der Waals surface area contributed by atoms with Crippen molar-refractivity contribution in [3.05, 3.63) is 17.7 Å². The van der Waals surface area contributed by atoms with Crippen LogP contribution in [-0.2, 0) is 0 Å². The van der Waals surface area contributed by atoms with E-state index in [2.05, 4.69) is 16.9 Å². The number of hydrogen-bond donors (Lipinski definition) is 2. The lowest BCUT2D eigenvalue weighted by atomic mass is 10.2. The van der Waals surface area contributed by atoms with Crippen LogP contribution >= 0.6 is 0 Å². The second-order valence-electron chi connectivity index (χ2n) is 3.25. The van der Waals surface area contributed by atoms with E-state index in [1.807, 2.05) is 0 Å². The monoisotopic (exact) mass is 151 g/mol. The summed E-state index contributed by atoms with van der Waals surface area (Å²) in [6, 6.07) is 0. The molecule has 11 heavy (non-hydrogen) atoms. The molecule has 0 aliphatic heterocycles. The van der Waals surface area contributed by atoms with Crippen molar-refractivity contribution < 1.29 is 0 Å². The van der Waals surface area contributed by atoms with Gasteiger partial charge in [-0.15, -0.1) is 0 Å². The third-order valence-electron chi connectivity index (χ3n) is 2.45. The molecule has 1 fully saturated rings. The quantitative estimate of drug-likeness (QED) is 0.656. The Bertz CT molecular complexity index is 254. The molecule has 0 spiro atoms. The zero-order valence-corrected chi connectivity index (χ0v) is 6.67. The van der Waals surface area contributed by atoms with Crippen LogP contribution in [0.15, 0.2) is 6.33 Å². The van der Waals surface area contributed by atoms with Gasteiger partial charge in [0.25, 0.3) is 0 Å². The van der Waals surface area contributed by atoms with Gasteiger partial charge in [-0.25, -0.2) is 4.98 Å². The van der Waals surface area contributed by atoms with E-state index in [1.165, 1.54) is 17.8 Å². The highest BCUT2D eigenvalue weighted by Crippen LogP contribution is 2.46. The Balaban J connectivity index is 2.14. The number of hydrogen-bond acceptors (Lipinski definition) is 2. The summed E-state index contributed by atoms with van der Waals surface area (Å²) in [5, 5.41) is 0. The maximum absolute atomic E-state index is 5.54. The molecule has 2 atom stereocenters. The SMILES string of the molecule is Cc1[nH]cnc1[C@@H]1C[C@H]1CN. The van der Waals surface area contributed by atoms with E-state index in [0.717, 1.165) is 6.54 Å². The van der Waals surface area contributed by atoms with Crippen LogP contribution in [0, 0.1) is 12.8 Å². The van der Waals surface area contributed by atoms with Crippen molar-refractivity contribution in [3.8, 4) is 0 Å². The largest absolute Gasteiger partial charge is 0.348 e. The fourth-order valence-corrected chi connectivity index (χ4v) is 1.59. The first-order chi connectivity index (χ1) is 5.33. The van der Waals surface area contributed by atoms with Crippen LogP contribution in [0.3, 0.4) is 0 Å². The van der Waals surface area contributed by atoms with Gasteiger partial charge in [0.1, 0.15) is 0 Å². The van der Waals surface area contributed by atoms with Crippen molar-refractivity contribution in [3.63, 3.8) is 0 Å². The molecule has 2 rings (SSSR count). The molecule has 1 aliphatic rings. The van der Waals surface area contributed by atoms with E-state index in [4.69, 9.17) is 5.73 Å². The summed E-state index contributed by atoms with van der Waals surface area (Å²) in [5.74, 6) is 1.34. The maximum Gasteiger partial charge on any atom is 0.0925 e. The molecule has 0 saturated heterocycles. The molecule has 1 heterocycles. The highest BCUT2D eigenvalue weighted by molar-refractivity contribution is 5.22. The zero-order chi connectivity index (χ0) is 7.84. The topological polar surface area (TPSA) is 54.7 Å². The van der Waals surface area contributed by atoms with Gasteiger partial charge < -0.3 is 10.7 Å². The van der Waals surface area contributed by atoms with E-state index < -0.39 is 0 Å². The predicted molar refractivity (Wildman–Crippen MR) is 43.2 cm³/mol. The van der Waals surface area contributed by atoms with Gasteiger partial charge in [-0.05, 0) is 25.8 Å². The second-order valence-corrected chi connectivity index (χ2v) is 3.25. The van der Waals surface area contributed by atoms with Gasteiger partial charge in [0, 0.05) is 11.6 Å². The van der Waals surface area contributed by atoms with Gasteiger partial charge in [-0.2, -0.15) is 0 Å². The Hall–Kier alpha value is -0.830. The number of H-pyrrole nitrogens is 1. The van der Waals surface area contributed by atoms with Crippen LogP contribution in [0.25, 0.3) is 0 Å². The van der Waals surface area contributed by atoms with E-state index in [-0.39, 0.29) is 0 Å². The molecule has 3 N–H and O–H groups in total. The predicted octanol–water partition coefficient (Wildman–Crippen LogP) is 0.780. The normalized spacial score (nSPS) is 28.9. The van der Waals surface area contributed by atoms with Crippen molar-refractivity contribution in [1.29, 1.82) is 0 Å². The first-order valence-electron chi connectivity index (χ1n) is 4.03. The van der Waals surface area contributed by atoms with Crippen molar-refractivity contribution >= 4 is 0 Å². The molecule has 3 heteroatoms. The summed E-state index contributed by atoms with van der Waals surface area (Å²) in [6.45, 7) is 2.87. The van der Waals surface area contributed by atoms with Crippen LogP contribution in [0.5, 0.6) is 0 Å². The molecule has 1 saturated carbocycles. The Morgan fingerprint density at radius 3 is 3.09 bits per heavy atom. The summed E-state index contributed by atoms with van der Waals surface area (Å²) in [7, 11) is 0. The first kappa shape index (κ1) is 6.85. The first-order valence-corrected chi connectivity index (χ1v) is 4.03. The van der Waals surface area contributed by atoms with Crippen molar-refractivity contribution in [2.75, 3.05) is 6.54 Å². The fraction of sp³-hybridized carbons (Fsp3) is 0.625. The number of imidazole rings is 1. The summed E-state index contributed by atoms with van der Waals surface area (Å²) in [6.07, 6.45) is 2.98. The van der Waals surface area contributed by atoms with Gasteiger partial charge in [-0.3, -0.25) is 0 Å². The van der Waals surface area contributed by atoms with Crippen molar-refractivity contribution in [1.82, 2.24) is 9.97 Å². The van der Waals surface area contributed by atoms with Gasteiger partial charge in [-0.1, -0.05) is 0 Å². The Kier molecular flexibility index (Phi) is 1.46. The number of nitrogens with zero attached hydrogens (tertiary/aromatic N) is 1. The summed E-state index contributed by atoms with van der Waals surface area (Å²) in [5.41, 5.74) is 7.96. The highest BCUT2D eigenvalue weighted by atomic mass is 14.9. The summed E-state index contributed by atoms with van der Waals surface area (Å²) >= 11 is 0. The average molecular weight is 151 g/mol. The maximum atomic E-state index is 5.54. The molecule has 0 amide bonds. The number of aryl methyl sites for hydroxylation is 1. The van der Waals surface area contributed by atoms with E-state index in [9.17, 15) is 0 Å². The van der Waals surface area contributed by atoms with E-state index >= 15 is 0 Å². The van der Waals surface area contributed by atoms with Crippen LogP contribution in [0.4, 0.5) is 0 Å². The lowest BCUT2D eigenvalue weighted by Crippen LogP contribution is -2.02. The summed E-state index contributed by atoms with van der Waals surface area (Å²) in [4.78, 5) is 7.35. The third kappa shape index (κ3) is 1.05.